The number of carbonyl (C=O) groups is 1. The molecule has 1 aliphatic rings. The second-order valence-electron chi connectivity index (χ2n) is 5.76. The summed E-state index contributed by atoms with van der Waals surface area (Å²) in [4.78, 5) is 14.2. The molecule has 4 nitrogen and oxygen atoms in total. The first-order chi connectivity index (χ1) is 11.5. The second kappa shape index (κ2) is 7.09. The summed E-state index contributed by atoms with van der Waals surface area (Å²) in [6, 6.07) is 11.7. The number of rotatable bonds is 4. The zero-order valence-corrected chi connectivity index (χ0v) is 14.0. The van der Waals surface area contributed by atoms with Crippen LogP contribution in [0.25, 0.3) is 0 Å². The van der Waals surface area contributed by atoms with Gasteiger partial charge < -0.3 is 15.0 Å². The monoisotopic (exact) mass is 348 g/mol. The number of carbonyl (C=O) groups excluding carboxylic acids is 1. The molecular weight excluding hydrogens is 331 g/mol. The largest absolute Gasteiger partial charge is 0.489 e. The van der Waals surface area contributed by atoms with E-state index in [2.05, 4.69) is 5.32 Å². The van der Waals surface area contributed by atoms with Gasteiger partial charge in [-0.05, 0) is 23.8 Å². The van der Waals surface area contributed by atoms with E-state index in [1.54, 1.807) is 12.1 Å². The Labute approximate surface area is 145 Å². The van der Waals surface area contributed by atoms with Gasteiger partial charge in [0, 0.05) is 24.7 Å². The summed E-state index contributed by atoms with van der Waals surface area (Å²) in [7, 11) is 1.88. The van der Waals surface area contributed by atoms with Crippen molar-refractivity contribution in [3.63, 3.8) is 0 Å². The molecule has 0 saturated carbocycles. The van der Waals surface area contributed by atoms with E-state index in [1.807, 2.05) is 30.1 Å². The first kappa shape index (κ1) is 16.6. The highest BCUT2D eigenvalue weighted by Gasteiger charge is 2.27. The highest BCUT2D eigenvalue weighted by molar-refractivity contribution is 6.31. The highest BCUT2D eigenvalue weighted by atomic mass is 35.5. The van der Waals surface area contributed by atoms with E-state index in [0.29, 0.717) is 23.9 Å². The number of halogens is 2. The Morgan fingerprint density at radius 1 is 1.38 bits per heavy atom. The van der Waals surface area contributed by atoms with Gasteiger partial charge in [0.1, 0.15) is 18.2 Å². The quantitative estimate of drug-likeness (QED) is 0.921. The minimum atomic E-state index is -0.335. The van der Waals surface area contributed by atoms with Crippen molar-refractivity contribution in [1.29, 1.82) is 0 Å². The third kappa shape index (κ3) is 3.62. The fourth-order valence-electron chi connectivity index (χ4n) is 2.71. The van der Waals surface area contributed by atoms with Gasteiger partial charge in [-0.2, -0.15) is 0 Å². The fraction of sp³-hybridized carbons (Fsp3) is 0.278. The third-order valence-electron chi connectivity index (χ3n) is 4.14. The van der Waals surface area contributed by atoms with Crippen LogP contribution in [0, 0.1) is 5.82 Å². The van der Waals surface area contributed by atoms with Crippen LogP contribution < -0.4 is 15.0 Å². The van der Waals surface area contributed by atoms with E-state index in [0.717, 1.165) is 11.3 Å². The predicted octanol–water partition coefficient (Wildman–Crippen LogP) is 3.38. The Balaban J connectivity index is 1.59. The number of fused-ring (bicyclic) bond motifs is 1. The molecular formula is C18H18ClFN2O2. The maximum Gasteiger partial charge on any atom is 0.222 e. The molecule has 0 saturated heterocycles. The molecule has 1 unspecified atom stereocenters. The summed E-state index contributed by atoms with van der Waals surface area (Å²) in [5.74, 6) is 0.0873. The van der Waals surface area contributed by atoms with Gasteiger partial charge in [-0.25, -0.2) is 4.39 Å². The van der Waals surface area contributed by atoms with Crippen LogP contribution in [0.3, 0.4) is 0 Å². The molecule has 0 radical (unpaired) electrons. The van der Waals surface area contributed by atoms with Gasteiger partial charge in [0.15, 0.2) is 0 Å². The maximum absolute atomic E-state index is 13.2. The van der Waals surface area contributed by atoms with E-state index in [4.69, 9.17) is 16.3 Å². The lowest BCUT2D eigenvalue weighted by atomic mass is 10.1. The Hall–Kier alpha value is -2.27. The van der Waals surface area contributed by atoms with Crippen LogP contribution >= 0.6 is 11.6 Å². The number of anilines is 1. The molecule has 2 aromatic rings. The van der Waals surface area contributed by atoms with Crippen LogP contribution in [0.1, 0.15) is 12.0 Å². The molecule has 24 heavy (non-hydrogen) atoms. The molecule has 1 aliphatic heterocycles. The standard InChI is InChI=1S/C18H18ClFN2O2/c1-22-14(11-24-17-8-13(20)6-7-16(17)22)9-18(23)21-10-12-4-2-3-5-15(12)19/h2-8,14H,9-11H2,1H3,(H,21,23). The summed E-state index contributed by atoms with van der Waals surface area (Å²) < 4.78 is 18.8. The molecule has 126 valence electrons. The third-order valence-corrected chi connectivity index (χ3v) is 4.50. The van der Waals surface area contributed by atoms with Gasteiger partial charge >= 0.3 is 0 Å². The van der Waals surface area contributed by atoms with Crippen LogP contribution in [0.2, 0.25) is 5.02 Å². The molecule has 1 heterocycles. The Bertz CT molecular complexity index is 754. The molecule has 0 fully saturated rings. The average molecular weight is 349 g/mol. The van der Waals surface area contributed by atoms with Gasteiger partial charge in [0.2, 0.25) is 5.91 Å². The smallest absolute Gasteiger partial charge is 0.222 e. The van der Waals surface area contributed by atoms with Crippen LogP contribution in [-0.4, -0.2) is 25.6 Å². The van der Waals surface area contributed by atoms with Crippen LogP contribution in [0.4, 0.5) is 10.1 Å². The van der Waals surface area contributed by atoms with E-state index >= 15 is 0 Å². The minimum absolute atomic E-state index is 0.0825. The number of hydrogen-bond donors (Lipinski definition) is 1. The average Bonchev–Trinajstić information content (AvgIpc) is 2.56. The molecule has 0 aliphatic carbocycles. The Morgan fingerprint density at radius 3 is 2.96 bits per heavy atom. The Kier molecular flexibility index (Phi) is 4.90. The van der Waals surface area contributed by atoms with Gasteiger partial charge in [-0.3, -0.25) is 4.79 Å². The zero-order chi connectivity index (χ0) is 17.1. The van der Waals surface area contributed by atoms with Crippen molar-refractivity contribution in [2.45, 2.75) is 19.0 Å². The van der Waals surface area contributed by atoms with Crippen molar-refractivity contribution in [3.8, 4) is 5.75 Å². The van der Waals surface area contributed by atoms with Crippen molar-refractivity contribution >= 4 is 23.2 Å². The lowest BCUT2D eigenvalue weighted by Crippen LogP contribution is -2.43. The lowest BCUT2D eigenvalue weighted by Gasteiger charge is -2.35. The number of nitrogens with one attached hydrogen (secondary N) is 1. The number of amides is 1. The van der Waals surface area contributed by atoms with Crippen LogP contribution in [0.15, 0.2) is 42.5 Å². The summed E-state index contributed by atoms with van der Waals surface area (Å²) in [5, 5.41) is 3.51. The summed E-state index contributed by atoms with van der Waals surface area (Å²) >= 11 is 6.08. The molecule has 2 aromatic carbocycles. The second-order valence-corrected chi connectivity index (χ2v) is 6.17. The molecule has 3 rings (SSSR count). The number of likely N-dealkylation sites (N-methyl/N-ethyl adjacent to an activating group) is 1. The summed E-state index contributed by atoms with van der Waals surface area (Å²) in [6.07, 6.45) is 0.289. The SMILES string of the molecule is CN1c2ccc(F)cc2OCC1CC(=O)NCc1ccccc1Cl. The molecule has 0 aromatic heterocycles. The van der Waals surface area contributed by atoms with Crippen LogP contribution in [0.5, 0.6) is 5.75 Å². The summed E-state index contributed by atoms with van der Waals surface area (Å²) in [5.41, 5.74) is 1.66. The predicted molar refractivity (Wildman–Crippen MR) is 92.0 cm³/mol. The normalized spacial score (nSPS) is 16.3. The number of nitrogens with zero attached hydrogens (tertiary/aromatic N) is 1. The molecule has 6 heteroatoms. The topological polar surface area (TPSA) is 41.6 Å². The maximum atomic E-state index is 13.2. The molecule has 0 bridgehead atoms. The Morgan fingerprint density at radius 2 is 2.17 bits per heavy atom. The molecule has 0 spiro atoms. The van der Waals surface area contributed by atoms with Crippen molar-refractivity contribution in [3.05, 3.63) is 58.9 Å². The molecule has 1 N–H and O–H groups in total. The van der Waals surface area contributed by atoms with Crippen molar-refractivity contribution in [1.82, 2.24) is 5.32 Å². The van der Waals surface area contributed by atoms with E-state index < -0.39 is 0 Å². The fourth-order valence-corrected chi connectivity index (χ4v) is 2.91. The van der Waals surface area contributed by atoms with E-state index in [9.17, 15) is 9.18 Å². The van der Waals surface area contributed by atoms with Gasteiger partial charge in [-0.15, -0.1) is 0 Å². The van der Waals surface area contributed by atoms with Crippen molar-refractivity contribution in [2.75, 3.05) is 18.6 Å². The molecule has 1 atom stereocenters. The summed E-state index contributed by atoms with van der Waals surface area (Å²) in [6.45, 7) is 0.726. The number of hydrogen-bond acceptors (Lipinski definition) is 3. The minimum Gasteiger partial charge on any atom is -0.489 e. The first-order valence-electron chi connectivity index (χ1n) is 7.70. The van der Waals surface area contributed by atoms with Gasteiger partial charge in [-0.1, -0.05) is 29.8 Å². The van der Waals surface area contributed by atoms with Crippen molar-refractivity contribution in [2.24, 2.45) is 0 Å². The number of ether oxygens (including phenoxy) is 1. The van der Waals surface area contributed by atoms with Crippen molar-refractivity contribution < 1.29 is 13.9 Å². The van der Waals surface area contributed by atoms with Gasteiger partial charge in [0.25, 0.3) is 0 Å². The van der Waals surface area contributed by atoms with Crippen LogP contribution in [-0.2, 0) is 11.3 Å². The lowest BCUT2D eigenvalue weighted by molar-refractivity contribution is -0.121. The number of benzene rings is 2. The van der Waals surface area contributed by atoms with E-state index in [-0.39, 0.29) is 24.2 Å². The zero-order valence-electron chi connectivity index (χ0n) is 13.3. The first-order valence-corrected chi connectivity index (χ1v) is 8.07. The highest BCUT2D eigenvalue weighted by Crippen LogP contribution is 2.34. The van der Waals surface area contributed by atoms with Gasteiger partial charge in [0.05, 0.1) is 18.2 Å². The van der Waals surface area contributed by atoms with E-state index in [1.165, 1.54) is 12.1 Å². The molecule has 1 amide bonds.